The van der Waals surface area contributed by atoms with Crippen LogP contribution >= 0.6 is 0 Å². The number of unbranched alkanes of at least 4 members (excludes halogenated alkanes) is 23. The van der Waals surface area contributed by atoms with Crippen molar-refractivity contribution in [3.63, 3.8) is 0 Å². The Bertz CT molecular complexity index is 781. The van der Waals surface area contributed by atoms with Crippen molar-refractivity contribution in [1.29, 1.82) is 0 Å². The van der Waals surface area contributed by atoms with Gasteiger partial charge in [-0.05, 0) is 19.3 Å². The van der Waals surface area contributed by atoms with E-state index in [0.717, 1.165) is 38.5 Å². The van der Waals surface area contributed by atoms with Crippen LogP contribution in [0, 0.1) is 0 Å². The zero-order chi connectivity index (χ0) is 36.0. The number of carbonyl (C=O) groups excluding carboxylic acids is 1. The Kier molecular flexibility index (Phi) is 29.7. The molecule has 0 aromatic heterocycles. The van der Waals surface area contributed by atoms with Gasteiger partial charge in [0.2, 0.25) is 5.91 Å². The quantitative estimate of drug-likeness (QED) is 0.0307. The number of rotatable bonds is 33. The predicted molar refractivity (Wildman–Crippen MR) is 198 cm³/mol. The molecule has 9 nitrogen and oxygen atoms in total. The Morgan fingerprint density at radius 2 is 1.12 bits per heavy atom. The average molecular weight is 700 g/mol. The molecule has 49 heavy (non-hydrogen) atoms. The Balaban J connectivity index is 2.40. The zero-order valence-corrected chi connectivity index (χ0v) is 31.5. The van der Waals surface area contributed by atoms with E-state index in [1.165, 1.54) is 122 Å². The van der Waals surface area contributed by atoms with Gasteiger partial charge in [0, 0.05) is 6.42 Å². The summed E-state index contributed by atoms with van der Waals surface area (Å²) in [6.07, 6.45) is 26.8. The third-order valence-corrected chi connectivity index (χ3v) is 9.86. The van der Waals surface area contributed by atoms with E-state index in [9.17, 15) is 30.3 Å². The highest BCUT2D eigenvalue weighted by Gasteiger charge is 2.44. The molecular formula is C40H77NO8. The lowest BCUT2D eigenvalue weighted by atomic mass is 9.99. The summed E-state index contributed by atoms with van der Waals surface area (Å²) in [6.45, 7) is 3.75. The van der Waals surface area contributed by atoms with Crippen molar-refractivity contribution in [3.8, 4) is 0 Å². The van der Waals surface area contributed by atoms with Crippen molar-refractivity contribution < 1.29 is 39.8 Å². The van der Waals surface area contributed by atoms with Gasteiger partial charge in [0.25, 0.3) is 0 Å². The summed E-state index contributed by atoms with van der Waals surface area (Å²) in [5, 5.41) is 53.9. The van der Waals surface area contributed by atoms with Crippen LogP contribution in [-0.2, 0) is 14.3 Å². The van der Waals surface area contributed by atoms with Gasteiger partial charge in [0.05, 0.1) is 25.4 Å². The van der Waals surface area contributed by atoms with Gasteiger partial charge in [0.15, 0.2) is 6.29 Å². The maximum Gasteiger partial charge on any atom is 0.220 e. The molecule has 0 spiro atoms. The minimum absolute atomic E-state index is 0.177. The van der Waals surface area contributed by atoms with Crippen LogP contribution in [-0.4, -0.2) is 87.5 Å². The minimum atomic E-state index is -1.56. The van der Waals surface area contributed by atoms with Crippen LogP contribution in [0.1, 0.15) is 181 Å². The van der Waals surface area contributed by atoms with Crippen molar-refractivity contribution in [2.24, 2.45) is 0 Å². The molecule has 1 fully saturated rings. The number of carbonyl (C=O) groups is 1. The van der Waals surface area contributed by atoms with Crippen LogP contribution in [0.15, 0.2) is 12.2 Å². The van der Waals surface area contributed by atoms with Crippen molar-refractivity contribution in [3.05, 3.63) is 12.2 Å². The smallest absolute Gasteiger partial charge is 0.220 e. The third kappa shape index (κ3) is 23.2. The highest BCUT2D eigenvalue weighted by molar-refractivity contribution is 5.76. The average Bonchev–Trinajstić information content (AvgIpc) is 3.10. The van der Waals surface area contributed by atoms with E-state index in [0.29, 0.717) is 6.42 Å². The first kappa shape index (κ1) is 46.0. The van der Waals surface area contributed by atoms with Gasteiger partial charge in [-0.15, -0.1) is 0 Å². The highest BCUT2D eigenvalue weighted by Crippen LogP contribution is 2.22. The first-order valence-electron chi connectivity index (χ1n) is 20.4. The maximum absolute atomic E-state index is 12.9. The van der Waals surface area contributed by atoms with Crippen molar-refractivity contribution >= 4 is 5.91 Å². The van der Waals surface area contributed by atoms with E-state index in [1.54, 1.807) is 6.08 Å². The molecule has 7 atom stereocenters. The van der Waals surface area contributed by atoms with Gasteiger partial charge in [-0.3, -0.25) is 4.79 Å². The Morgan fingerprint density at radius 1 is 0.673 bits per heavy atom. The molecule has 0 aromatic carbocycles. The van der Waals surface area contributed by atoms with E-state index in [2.05, 4.69) is 19.2 Å². The van der Waals surface area contributed by atoms with E-state index in [-0.39, 0.29) is 12.5 Å². The fourth-order valence-corrected chi connectivity index (χ4v) is 6.51. The summed E-state index contributed by atoms with van der Waals surface area (Å²) in [6, 6.07) is -0.796. The van der Waals surface area contributed by atoms with Crippen LogP contribution < -0.4 is 5.32 Å². The normalized spacial score (nSPS) is 22.5. The van der Waals surface area contributed by atoms with E-state index < -0.39 is 49.5 Å². The molecule has 1 aliphatic rings. The van der Waals surface area contributed by atoms with Crippen LogP contribution in [0.25, 0.3) is 0 Å². The van der Waals surface area contributed by atoms with E-state index >= 15 is 0 Å². The van der Waals surface area contributed by atoms with Gasteiger partial charge >= 0.3 is 0 Å². The van der Waals surface area contributed by atoms with Gasteiger partial charge in [-0.1, -0.05) is 167 Å². The van der Waals surface area contributed by atoms with Crippen LogP contribution in [0.4, 0.5) is 0 Å². The molecule has 290 valence electrons. The van der Waals surface area contributed by atoms with Crippen LogP contribution in [0.3, 0.4) is 0 Å². The monoisotopic (exact) mass is 700 g/mol. The molecule has 0 aromatic rings. The number of allylic oxidation sites excluding steroid dienone is 1. The minimum Gasteiger partial charge on any atom is -0.394 e. The Hall–Kier alpha value is -1.07. The zero-order valence-electron chi connectivity index (χ0n) is 31.5. The fraction of sp³-hybridized carbons (Fsp3) is 0.925. The Morgan fingerprint density at radius 3 is 1.59 bits per heavy atom. The van der Waals surface area contributed by atoms with Crippen LogP contribution in [0.5, 0.6) is 0 Å². The summed E-state index contributed by atoms with van der Waals surface area (Å²) in [7, 11) is 0. The molecule has 1 amide bonds. The van der Waals surface area contributed by atoms with Crippen molar-refractivity contribution in [2.75, 3.05) is 13.2 Å². The van der Waals surface area contributed by atoms with Gasteiger partial charge in [0.1, 0.15) is 24.4 Å². The number of hydrogen-bond donors (Lipinski definition) is 6. The molecule has 1 heterocycles. The molecule has 1 unspecified atom stereocenters. The van der Waals surface area contributed by atoms with E-state index in [4.69, 9.17) is 9.47 Å². The topological polar surface area (TPSA) is 149 Å². The fourth-order valence-electron chi connectivity index (χ4n) is 6.51. The third-order valence-electron chi connectivity index (χ3n) is 9.86. The van der Waals surface area contributed by atoms with Crippen molar-refractivity contribution in [2.45, 2.75) is 224 Å². The second-order valence-corrected chi connectivity index (χ2v) is 14.4. The Labute approximate surface area is 299 Å². The lowest BCUT2D eigenvalue weighted by Crippen LogP contribution is -2.60. The molecule has 0 saturated carbocycles. The SMILES string of the molecule is CCCCCCCCCCC/C=C/[C@@H](O)[C@H](COC1O[C@H](CO)[C@@H](O)[C@@H](O)[C@H]1O)NC(=O)CCCCCCCCCCCCCCCCC. The summed E-state index contributed by atoms with van der Waals surface area (Å²) in [5.41, 5.74) is 0. The first-order chi connectivity index (χ1) is 23.8. The molecule has 0 aliphatic carbocycles. The molecule has 1 saturated heterocycles. The molecule has 1 rings (SSSR count). The molecule has 1 aliphatic heterocycles. The number of hydrogen-bond acceptors (Lipinski definition) is 8. The van der Waals surface area contributed by atoms with E-state index in [1.807, 2.05) is 6.08 Å². The molecule has 9 heteroatoms. The summed E-state index contributed by atoms with van der Waals surface area (Å²) in [5.74, 6) is -0.177. The van der Waals surface area contributed by atoms with Gasteiger partial charge < -0.3 is 40.3 Å². The first-order valence-corrected chi connectivity index (χ1v) is 20.4. The standard InChI is InChI=1S/C40H77NO8/c1-3-5-7-9-11-13-15-16-17-18-20-22-24-26-28-30-36(44)41-33(32-48-40-39(47)38(46)37(45)35(31-42)49-40)34(43)29-27-25-23-21-19-14-12-10-8-6-4-2/h27,29,33-35,37-40,42-43,45-47H,3-26,28,30-32H2,1-2H3,(H,41,44)/b29-27+/t33-,34+,35+,37+,38+,39+,40?/m0/s1. The van der Waals surface area contributed by atoms with Crippen LogP contribution in [0.2, 0.25) is 0 Å². The second kappa shape index (κ2) is 31.6. The van der Waals surface area contributed by atoms with Gasteiger partial charge in [-0.2, -0.15) is 0 Å². The molecule has 0 bridgehead atoms. The predicted octanol–water partition coefficient (Wildman–Crippen LogP) is 7.39. The number of aliphatic hydroxyl groups excluding tert-OH is 5. The highest BCUT2D eigenvalue weighted by atomic mass is 16.7. The second-order valence-electron chi connectivity index (χ2n) is 14.4. The molecule has 6 N–H and O–H groups in total. The lowest BCUT2D eigenvalue weighted by molar-refractivity contribution is -0.302. The number of ether oxygens (including phenoxy) is 2. The summed E-state index contributed by atoms with van der Waals surface area (Å²) < 4.78 is 11.2. The maximum atomic E-state index is 12.9. The number of aliphatic hydroxyl groups is 5. The number of nitrogens with one attached hydrogen (secondary N) is 1. The van der Waals surface area contributed by atoms with Gasteiger partial charge in [-0.25, -0.2) is 0 Å². The summed E-state index contributed by atoms with van der Waals surface area (Å²) in [4.78, 5) is 12.9. The molecular weight excluding hydrogens is 622 g/mol. The molecule has 0 radical (unpaired) electrons. The largest absolute Gasteiger partial charge is 0.394 e. The number of amides is 1. The van der Waals surface area contributed by atoms with Crippen molar-refractivity contribution in [1.82, 2.24) is 5.32 Å². The lowest BCUT2D eigenvalue weighted by Gasteiger charge is -2.40. The summed E-state index contributed by atoms with van der Waals surface area (Å²) >= 11 is 0.